The molecule has 2 N–H and O–H groups in total. The maximum absolute atomic E-state index is 12.2. The molecule has 0 fully saturated rings. The van der Waals surface area contributed by atoms with Crippen LogP contribution in [0.3, 0.4) is 0 Å². The molecule has 0 saturated carbocycles. The van der Waals surface area contributed by atoms with Crippen LogP contribution in [0.5, 0.6) is 0 Å². The van der Waals surface area contributed by atoms with Gasteiger partial charge in [0, 0.05) is 10.9 Å². The average Bonchev–Trinajstić information content (AvgIpc) is 2.60. The van der Waals surface area contributed by atoms with Gasteiger partial charge in [-0.25, -0.2) is 4.79 Å². The van der Waals surface area contributed by atoms with Gasteiger partial charge in [-0.15, -0.1) is 11.3 Å². The van der Waals surface area contributed by atoms with Gasteiger partial charge in [-0.2, -0.15) is 5.26 Å². The van der Waals surface area contributed by atoms with Crippen molar-refractivity contribution in [2.24, 2.45) is 0 Å². The highest BCUT2D eigenvalue weighted by Gasteiger charge is 2.33. The Hall–Kier alpha value is -1.74. The first kappa shape index (κ1) is 14.7. The largest absolute Gasteiger partial charge is 0.444 e. The molecule has 1 aliphatic rings. The molecule has 1 aromatic heterocycles. The van der Waals surface area contributed by atoms with Crippen LogP contribution in [0.4, 0.5) is 9.80 Å². The zero-order valence-corrected chi connectivity index (χ0v) is 13.0. The number of nitriles is 1. The molecule has 0 unspecified atom stereocenters. The Labute approximate surface area is 122 Å². The topological polar surface area (TPSA) is 79.4 Å². The number of nitrogens with two attached hydrogens (primary N) is 1. The first-order chi connectivity index (χ1) is 9.23. The summed E-state index contributed by atoms with van der Waals surface area (Å²) in [4.78, 5) is 14.9. The van der Waals surface area contributed by atoms with Crippen molar-refractivity contribution in [2.45, 2.75) is 52.3 Å². The molecule has 2 heterocycles. The van der Waals surface area contributed by atoms with Crippen molar-refractivity contribution in [1.29, 1.82) is 5.26 Å². The van der Waals surface area contributed by atoms with Crippen LogP contribution in [-0.2, 0) is 17.7 Å². The summed E-state index contributed by atoms with van der Waals surface area (Å²) in [6.45, 7) is 7.97. The second-order valence-corrected chi connectivity index (χ2v) is 7.15. The van der Waals surface area contributed by atoms with E-state index in [0.29, 0.717) is 23.5 Å². The number of thiophene rings is 1. The standard InChI is InChI=1S/C14H19N3O2S/c1-8-5-9-10(6-15)12(16)20-11(9)7-17(8)13(18)19-14(2,3)4/h8H,5,7,16H2,1-4H3/t8-/m1/s1. The fourth-order valence-corrected chi connectivity index (χ4v) is 3.33. The molecule has 1 aromatic rings. The van der Waals surface area contributed by atoms with E-state index in [0.717, 1.165) is 10.4 Å². The summed E-state index contributed by atoms with van der Waals surface area (Å²) >= 11 is 1.39. The SMILES string of the molecule is C[C@@H]1Cc2c(sc(N)c2C#N)CN1C(=O)OC(C)(C)C. The van der Waals surface area contributed by atoms with Gasteiger partial charge in [0.25, 0.3) is 0 Å². The second kappa shape index (κ2) is 4.98. The van der Waals surface area contributed by atoms with Gasteiger partial charge in [0.05, 0.1) is 12.1 Å². The molecular formula is C14H19N3O2S. The number of rotatable bonds is 0. The molecule has 0 bridgehead atoms. The highest BCUT2D eigenvalue weighted by molar-refractivity contribution is 7.16. The summed E-state index contributed by atoms with van der Waals surface area (Å²) in [6.07, 6.45) is 0.326. The molecule has 0 aromatic carbocycles. The summed E-state index contributed by atoms with van der Waals surface area (Å²) in [7, 11) is 0. The van der Waals surface area contributed by atoms with Gasteiger partial charge in [0.2, 0.25) is 0 Å². The maximum Gasteiger partial charge on any atom is 0.410 e. The van der Waals surface area contributed by atoms with Gasteiger partial charge in [0.15, 0.2) is 0 Å². The van der Waals surface area contributed by atoms with E-state index in [1.807, 2.05) is 27.7 Å². The fourth-order valence-electron chi connectivity index (χ4n) is 2.28. The fraction of sp³-hybridized carbons (Fsp3) is 0.571. The highest BCUT2D eigenvalue weighted by atomic mass is 32.1. The molecule has 1 atom stereocenters. The first-order valence-corrected chi connectivity index (χ1v) is 7.34. The molecule has 0 saturated heterocycles. The van der Waals surface area contributed by atoms with Crippen molar-refractivity contribution in [1.82, 2.24) is 4.90 Å². The smallest absolute Gasteiger partial charge is 0.410 e. The van der Waals surface area contributed by atoms with Crippen LogP contribution in [0, 0.1) is 11.3 Å². The number of nitrogen functional groups attached to an aromatic ring is 1. The lowest BCUT2D eigenvalue weighted by molar-refractivity contribution is 0.0142. The number of fused-ring (bicyclic) bond motifs is 1. The molecule has 6 heteroatoms. The van der Waals surface area contributed by atoms with Crippen LogP contribution in [0.25, 0.3) is 0 Å². The van der Waals surface area contributed by atoms with E-state index < -0.39 is 5.60 Å². The van der Waals surface area contributed by atoms with E-state index in [2.05, 4.69) is 6.07 Å². The molecule has 2 rings (SSSR count). The van der Waals surface area contributed by atoms with Crippen LogP contribution in [0.1, 0.15) is 43.7 Å². The zero-order chi connectivity index (χ0) is 15.1. The molecule has 0 radical (unpaired) electrons. The third kappa shape index (κ3) is 2.73. The number of carbonyl (C=O) groups excluding carboxylic acids is 1. The van der Waals surface area contributed by atoms with Crippen molar-refractivity contribution in [2.75, 3.05) is 5.73 Å². The number of hydrogen-bond donors (Lipinski definition) is 1. The second-order valence-electron chi connectivity index (χ2n) is 6.02. The summed E-state index contributed by atoms with van der Waals surface area (Å²) < 4.78 is 5.42. The highest BCUT2D eigenvalue weighted by Crippen LogP contribution is 2.36. The quantitative estimate of drug-likeness (QED) is 0.797. The van der Waals surface area contributed by atoms with Crippen molar-refractivity contribution < 1.29 is 9.53 Å². The lowest BCUT2D eigenvalue weighted by atomic mass is 9.98. The third-order valence-electron chi connectivity index (χ3n) is 3.20. The summed E-state index contributed by atoms with van der Waals surface area (Å²) in [5.74, 6) is 0. The van der Waals surface area contributed by atoms with Crippen molar-refractivity contribution in [3.63, 3.8) is 0 Å². The zero-order valence-electron chi connectivity index (χ0n) is 12.2. The summed E-state index contributed by atoms with van der Waals surface area (Å²) in [6, 6.07) is 2.16. The lowest BCUT2D eigenvalue weighted by Gasteiger charge is -2.34. The molecule has 20 heavy (non-hydrogen) atoms. The lowest BCUT2D eigenvalue weighted by Crippen LogP contribution is -2.44. The molecule has 1 amide bonds. The molecular weight excluding hydrogens is 274 g/mol. The van der Waals surface area contributed by atoms with Crippen LogP contribution in [0.2, 0.25) is 0 Å². The Morgan fingerprint density at radius 3 is 2.75 bits per heavy atom. The maximum atomic E-state index is 12.2. The van der Waals surface area contributed by atoms with E-state index in [1.54, 1.807) is 4.90 Å². The van der Waals surface area contributed by atoms with Gasteiger partial charge in [-0.05, 0) is 39.7 Å². The normalized spacial score (nSPS) is 18.4. The monoisotopic (exact) mass is 293 g/mol. The first-order valence-electron chi connectivity index (χ1n) is 6.52. The molecule has 1 aliphatic heterocycles. The van der Waals surface area contributed by atoms with E-state index in [4.69, 9.17) is 15.7 Å². The summed E-state index contributed by atoms with van der Waals surface area (Å²) in [5, 5.41) is 9.69. The van der Waals surface area contributed by atoms with Crippen LogP contribution < -0.4 is 5.73 Å². The number of carbonyl (C=O) groups is 1. The number of ether oxygens (including phenoxy) is 1. The molecule has 108 valence electrons. The Balaban J connectivity index is 2.25. The van der Waals surface area contributed by atoms with Crippen molar-refractivity contribution >= 4 is 22.4 Å². The predicted octanol–water partition coefficient (Wildman–Crippen LogP) is 2.88. The third-order valence-corrected chi connectivity index (χ3v) is 4.25. The Morgan fingerprint density at radius 2 is 2.20 bits per heavy atom. The number of anilines is 1. The van der Waals surface area contributed by atoms with E-state index >= 15 is 0 Å². The van der Waals surface area contributed by atoms with Gasteiger partial charge < -0.3 is 15.4 Å². The van der Waals surface area contributed by atoms with Gasteiger partial charge in [-0.3, -0.25) is 0 Å². The number of amides is 1. The predicted molar refractivity (Wildman–Crippen MR) is 78.4 cm³/mol. The minimum Gasteiger partial charge on any atom is -0.444 e. The Kier molecular flexibility index (Phi) is 3.65. The van der Waals surface area contributed by atoms with Gasteiger partial charge >= 0.3 is 6.09 Å². The van der Waals surface area contributed by atoms with Gasteiger partial charge in [0.1, 0.15) is 16.7 Å². The molecule has 0 spiro atoms. The van der Waals surface area contributed by atoms with Crippen molar-refractivity contribution in [3.05, 3.63) is 16.0 Å². The van der Waals surface area contributed by atoms with Gasteiger partial charge in [-0.1, -0.05) is 0 Å². The summed E-state index contributed by atoms with van der Waals surface area (Å²) in [5.41, 5.74) is 6.91. The number of nitrogens with zero attached hydrogens (tertiary/aromatic N) is 2. The Morgan fingerprint density at radius 1 is 1.55 bits per heavy atom. The Bertz CT molecular complexity index is 580. The van der Waals surface area contributed by atoms with Crippen LogP contribution in [-0.4, -0.2) is 22.6 Å². The number of hydrogen-bond acceptors (Lipinski definition) is 5. The average molecular weight is 293 g/mol. The minimum absolute atomic E-state index is 0.00144. The van der Waals surface area contributed by atoms with Crippen molar-refractivity contribution in [3.8, 4) is 6.07 Å². The molecule has 0 aliphatic carbocycles. The molecule has 5 nitrogen and oxygen atoms in total. The van der Waals surface area contributed by atoms with E-state index in [9.17, 15) is 4.79 Å². The minimum atomic E-state index is -0.511. The van der Waals surface area contributed by atoms with E-state index in [1.165, 1.54) is 11.3 Å². The van der Waals surface area contributed by atoms with Crippen LogP contribution >= 0.6 is 11.3 Å². The van der Waals surface area contributed by atoms with E-state index in [-0.39, 0.29) is 12.1 Å². The van der Waals surface area contributed by atoms with Crippen LogP contribution in [0.15, 0.2) is 0 Å².